The molecule has 3 aromatic carbocycles. The Kier molecular flexibility index (Phi) is 4.87. The zero-order chi connectivity index (χ0) is 16.8. The minimum Gasteiger partial charge on any atom is -0.322 e. The maximum atomic E-state index is 12.5. The van der Waals surface area contributed by atoms with E-state index in [0.29, 0.717) is 0 Å². The van der Waals surface area contributed by atoms with Crippen LogP contribution in [0.5, 0.6) is 0 Å². The molecule has 0 saturated heterocycles. The molecule has 1 N–H and O–H groups in total. The molecule has 0 spiro atoms. The van der Waals surface area contributed by atoms with Crippen LogP contribution < -0.4 is 5.32 Å². The van der Waals surface area contributed by atoms with Crippen molar-refractivity contribution in [3.8, 4) is 0 Å². The van der Waals surface area contributed by atoms with Gasteiger partial charge in [0.1, 0.15) is 0 Å². The van der Waals surface area contributed by atoms with Gasteiger partial charge in [0.25, 0.3) is 0 Å². The highest BCUT2D eigenvalue weighted by molar-refractivity contribution is 6.06. The van der Waals surface area contributed by atoms with Crippen LogP contribution in [-0.4, -0.2) is 5.91 Å². The highest BCUT2D eigenvalue weighted by Crippen LogP contribution is 2.23. The van der Waals surface area contributed by atoms with Crippen molar-refractivity contribution in [3.05, 3.63) is 108 Å². The first-order valence-electron chi connectivity index (χ1n) is 7.92. The molecule has 3 rings (SSSR count). The summed E-state index contributed by atoms with van der Waals surface area (Å²) in [5.74, 6) is -0.137. The van der Waals surface area contributed by atoms with Gasteiger partial charge in [-0.05, 0) is 35.8 Å². The van der Waals surface area contributed by atoms with Crippen molar-refractivity contribution in [2.24, 2.45) is 0 Å². The summed E-state index contributed by atoms with van der Waals surface area (Å²) in [7, 11) is 0. The monoisotopic (exact) mass is 313 g/mol. The summed E-state index contributed by atoms with van der Waals surface area (Å²) in [6.45, 7) is 2.02. The number of nitrogens with one attached hydrogen (secondary N) is 1. The van der Waals surface area contributed by atoms with Gasteiger partial charge in [0.05, 0.1) is 0 Å². The standard InChI is InChI=1S/C22H19NO/c1-17-12-14-20(15-13-17)23-22(24)16-21(18-8-4-2-5-9-18)19-10-6-3-7-11-19/h2-16H,1H3,(H,23,24). The average molecular weight is 313 g/mol. The molecule has 3 aromatic rings. The molecule has 1 amide bonds. The van der Waals surface area contributed by atoms with Crippen molar-refractivity contribution < 1.29 is 4.79 Å². The van der Waals surface area contributed by atoms with E-state index in [1.54, 1.807) is 6.08 Å². The molecule has 2 heteroatoms. The molecular formula is C22H19NO. The van der Waals surface area contributed by atoms with Crippen molar-refractivity contribution >= 4 is 17.2 Å². The number of carbonyl (C=O) groups is 1. The van der Waals surface area contributed by atoms with E-state index in [1.165, 1.54) is 0 Å². The third kappa shape index (κ3) is 3.99. The molecule has 0 unspecified atom stereocenters. The summed E-state index contributed by atoms with van der Waals surface area (Å²) in [4.78, 5) is 12.5. The normalized spacial score (nSPS) is 10.0. The van der Waals surface area contributed by atoms with E-state index in [4.69, 9.17) is 0 Å². The Morgan fingerprint density at radius 2 is 1.25 bits per heavy atom. The molecule has 0 heterocycles. The van der Waals surface area contributed by atoms with Gasteiger partial charge in [0.15, 0.2) is 0 Å². The molecule has 0 aromatic heterocycles. The molecule has 2 nitrogen and oxygen atoms in total. The lowest BCUT2D eigenvalue weighted by Gasteiger charge is -2.09. The van der Waals surface area contributed by atoms with Gasteiger partial charge in [0, 0.05) is 11.8 Å². The summed E-state index contributed by atoms with van der Waals surface area (Å²) >= 11 is 0. The molecule has 0 atom stereocenters. The fraction of sp³-hybridized carbons (Fsp3) is 0.0455. The number of anilines is 1. The fourth-order valence-electron chi connectivity index (χ4n) is 2.52. The second-order valence-corrected chi connectivity index (χ2v) is 5.65. The summed E-state index contributed by atoms with van der Waals surface area (Å²) in [6, 6.07) is 27.7. The van der Waals surface area contributed by atoms with Gasteiger partial charge >= 0.3 is 0 Å². The SMILES string of the molecule is Cc1ccc(NC(=O)C=C(c2ccccc2)c2ccccc2)cc1. The second-order valence-electron chi connectivity index (χ2n) is 5.65. The minimum atomic E-state index is -0.137. The first-order valence-corrected chi connectivity index (χ1v) is 7.92. The largest absolute Gasteiger partial charge is 0.322 e. The van der Waals surface area contributed by atoms with Crippen LogP contribution in [0, 0.1) is 6.92 Å². The van der Waals surface area contributed by atoms with Gasteiger partial charge in [-0.25, -0.2) is 0 Å². The van der Waals surface area contributed by atoms with Crippen LogP contribution in [0.3, 0.4) is 0 Å². The van der Waals surface area contributed by atoms with Gasteiger partial charge < -0.3 is 5.32 Å². The zero-order valence-corrected chi connectivity index (χ0v) is 13.6. The summed E-state index contributed by atoms with van der Waals surface area (Å²) in [6.07, 6.45) is 1.66. The van der Waals surface area contributed by atoms with Crippen LogP contribution in [0.15, 0.2) is 91.0 Å². The summed E-state index contributed by atoms with van der Waals surface area (Å²) in [5, 5.41) is 2.92. The van der Waals surface area contributed by atoms with Crippen LogP contribution in [-0.2, 0) is 4.79 Å². The topological polar surface area (TPSA) is 29.1 Å². The van der Waals surface area contributed by atoms with Crippen molar-refractivity contribution in [3.63, 3.8) is 0 Å². The van der Waals surface area contributed by atoms with Crippen LogP contribution in [0.1, 0.15) is 16.7 Å². The Morgan fingerprint density at radius 1 is 0.750 bits per heavy atom. The Morgan fingerprint density at radius 3 is 1.75 bits per heavy atom. The first kappa shape index (κ1) is 15.8. The van der Waals surface area contributed by atoms with Crippen molar-refractivity contribution in [2.75, 3.05) is 5.32 Å². The Balaban J connectivity index is 1.91. The van der Waals surface area contributed by atoms with Crippen molar-refractivity contribution in [1.29, 1.82) is 0 Å². The minimum absolute atomic E-state index is 0.137. The summed E-state index contributed by atoms with van der Waals surface area (Å²) in [5.41, 5.74) is 4.89. The third-order valence-corrected chi connectivity index (χ3v) is 3.76. The molecule has 0 aliphatic heterocycles. The van der Waals surface area contributed by atoms with Crippen molar-refractivity contribution in [2.45, 2.75) is 6.92 Å². The van der Waals surface area contributed by atoms with E-state index in [0.717, 1.165) is 28.0 Å². The lowest BCUT2D eigenvalue weighted by atomic mass is 9.97. The molecular weight excluding hydrogens is 294 g/mol. The van der Waals surface area contributed by atoms with Gasteiger partial charge in [0.2, 0.25) is 5.91 Å². The smallest absolute Gasteiger partial charge is 0.249 e. The average Bonchev–Trinajstić information content (AvgIpc) is 2.63. The fourth-order valence-corrected chi connectivity index (χ4v) is 2.52. The van der Waals surface area contributed by atoms with Gasteiger partial charge in [-0.15, -0.1) is 0 Å². The number of aryl methyl sites for hydroxylation is 1. The number of rotatable bonds is 4. The highest BCUT2D eigenvalue weighted by Gasteiger charge is 2.07. The maximum Gasteiger partial charge on any atom is 0.249 e. The maximum absolute atomic E-state index is 12.5. The number of hydrogen-bond acceptors (Lipinski definition) is 1. The van der Waals surface area contributed by atoms with E-state index in [9.17, 15) is 4.79 Å². The highest BCUT2D eigenvalue weighted by atomic mass is 16.1. The van der Waals surface area contributed by atoms with Gasteiger partial charge in [-0.3, -0.25) is 4.79 Å². The molecule has 0 bridgehead atoms. The van der Waals surface area contributed by atoms with Crippen LogP contribution in [0.25, 0.3) is 5.57 Å². The predicted octanol–water partition coefficient (Wildman–Crippen LogP) is 5.07. The molecule has 0 aliphatic rings. The first-order chi connectivity index (χ1) is 11.7. The van der Waals surface area contributed by atoms with Crippen molar-refractivity contribution in [1.82, 2.24) is 0 Å². The predicted molar refractivity (Wildman–Crippen MR) is 99.8 cm³/mol. The lowest BCUT2D eigenvalue weighted by molar-refractivity contribution is -0.111. The van der Waals surface area contributed by atoms with E-state index in [1.807, 2.05) is 91.9 Å². The third-order valence-electron chi connectivity index (χ3n) is 3.76. The number of benzene rings is 3. The van der Waals surface area contributed by atoms with Crippen LogP contribution >= 0.6 is 0 Å². The van der Waals surface area contributed by atoms with Crippen LogP contribution in [0.2, 0.25) is 0 Å². The van der Waals surface area contributed by atoms with E-state index < -0.39 is 0 Å². The Hall–Kier alpha value is -3.13. The molecule has 118 valence electrons. The Bertz CT molecular complexity index is 793. The number of carbonyl (C=O) groups excluding carboxylic acids is 1. The molecule has 0 aliphatic carbocycles. The molecule has 24 heavy (non-hydrogen) atoms. The van der Waals surface area contributed by atoms with Gasteiger partial charge in [-0.1, -0.05) is 78.4 Å². The number of amides is 1. The van der Waals surface area contributed by atoms with Crippen LogP contribution in [0.4, 0.5) is 5.69 Å². The molecule has 0 radical (unpaired) electrons. The Labute approximate surface area is 142 Å². The van der Waals surface area contributed by atoms with Gasteiger partial charge in [-0.2, -0.15) is 0 Å². The second kappa shape index (κ2) is 7.42. The molecule has 0 saturated carbocycles. The summed E-state index contributed by atoms with van der Waals surface area (Å²) < 4.78 is 0. The van der Waals surface area contributed by atoms with E-state index in [-0.39, 0.29) is 5.91 Å². The quantitative estimate of drug-likeness (QED) is 0.670. The van der Waals surface area contributed by atoms with E-state index >= 15 is 0 Å². The molecule has 0 fully saturated rings. The number of hydrogen-bond donors (Lipinski definition) is 1. The lowest BCUT2D eigenvalue weighted by Crippen LogP contribution is -2.09. The zero-order valence-electron chi connectivity index (χ0n) is 13.6. The van der Waals surface area contributed by atoms with E-state index in [2.05, 4.69) is 5.32 Å².